The van der Waals surface area contributed by atoms with E-state index in [1.165, 1.54) is 10.5 Å². The maximum Gasteiger partial charge on any atom is 0.249 e. The van der Waals surface area contributed by atoms with Crippen molar-refractivity contribution >= 4 is 17.7 Å². The number of carbonyl (C=O) groups is 1. The van der Waals surface area contributed by atoms with Gasteiger partial charge in [-0.3, -0.25) is 4.79 Å². The van der Waals surface area contributed by atoms with Crippen molar-refractivity contribution in [3.63, 3.8) is 0 Å². The number of benzene rings is 1. The Hall–Kier alpha value is -1.26. The SMILES string of the molecule is CSc1ccc(CN(C)C(=O)C(C)=C2CNC2)cc1. The number of thioether (sulfide) groups is 1. The second-order valence-electron chi connectivity index (χ2n) is 4.84. The van der Waals surface area contributed by atoms with Gasteiger partial charge in [-0.15, -0.1) is 11.8 Å². The number of hydrogen-bond acceptors (Lipinski definition) is 3. The summed E-state index contributed by atoms with van der Waals surface area (Å²) < 4.78 is 0. The van der Waals surface area contributed by atoms with Gasteiger partial charge in [0.15, 0.2) is 0 Å². The largest absolute Gasteiger partial charge is 0.338 e. The normalized spacial score (nSPS) is 13.9. The second kappa shape index (κ2) is 6.26. The zero-order valence-corrected chi connectivity index (χ0v) is 12.5. The van der Waals surface area contributed by atoms with Crippen molar-refractivity contribution in [1.29, 1.82) is 0 Å². The first-order valence-corrected chi connectivity index (χ1v) is 7.62. The molecule has 1 aliphatic heterocycles. The maximum absolute atomic E-state index is 12.2. The summed E-state index contributed by atoms with van der Waals surface area (Å²) in [7, 11) is 1.86. The zero-order valence-electron chi connectivity index (χ0n) is 11.7. The van der Waals surface area contributed by atoms with E-state index in [9.17, 15) is 4.79 Å². The van der Waals surface area contributed by atoms with E-state index in [1.54, 1.807) is 16.7 Å². The van der Waals surface area contributed by atoms with E-state index in [0.717, 1.165) is 24.2 Å². The van der Waals surface area contributed by atoms with Crippen LogP contribution in [0.15, 0.2) is 40.3 Å². The molecule has 4 heteroatoms. The van der Waals surface area contributed by atoms with Gasteiger partial charge in [-0.25, -0.2) is 0 Å². The van der Waals surface area contributed by atoms with Crippen LogP contribution in [0.5, 0.6) is 0 Å². The highest BCUT2D eigenvalue weighted by atomic mass is 32.2. The van der Waals surface area contributed by atoms with Crippen LogP contribution >= 0.6 is 11.8 Å². The molecule has 19 heavy (non-hydrogen) atoms. The van der Waals surface area contributed by atoms with Gasteiger partial charge in [0.2, 0.25) is 5.91 Å². The van der Waals surface area contributed by atoms with Crippen molar-refractivity contribution in [2.24, 2.45) is 0 Å². The Morgan fingerprint density at radius 1 is 1.32 bits per heavy atom. The highest BCUT2D eigenvalue weighted by Crippen LogP contribution is 2.17. The summed E-state index contributed by atoms with van der Waals surface area (Å²) >= 11 is 1.73. The summed E-state index contributed by atoms with van der Waals surface area (Å²) in [4.78, 5) is 15.3. The monoisotopic (exact) mass is 276 g/mol. The van der Waals surface area contributed by atoms with E-state index in [-0.39, 0.29) is 5.91 Å². The molecule has 102 valence electrons. The molecule has 1 amide bonds. The predicted molar refractivity (Wildman–Crippen MR) is 80.3 cm³/mol. The Balaban J connectivity index is 1.99. The first-order valence-electron chi connectivity index (χ1n) is 6.39. The Morgan fingerprint density at radius 2 is 1.95 bits per heavy atom. The summed E-state index contributed by atoms with van der Waals surface area (Å²) in [6, 6.07) is 8.37. The average molecular weight is 276 g/mol. The van der Waals surface area contributed by atoms with Gasteiger partial charge < -0.3 is 10.2 Å². The van der Waals surface area contributed by atoms with Crippen LogP contribution in [0.3, 0.4) is 0 Å². The van der Waals surface area contributed by atoms with Crippen molar-refractivity contribution in [2.45, 2.75) is 18.4 Å². The number of likely N-dealkylation sites (N-methyl/N-ethyl adjacent to an activating group) is 1. The topological polar surface area (TPSA) is 32.3 Å². The Kier molecular flexibility index (Phi) is 4.66. The molecule has 2 rings (SSSR count). The zero-order chi connectivity index (χ0) is 13.8. The van der Waals surface area contributed by atoms with Crippen molar-refractivity contribution in [3.8, 4) is 0 Å². The van der Waals surface area contributed by atoms with E-state index in [0.29, 0.717) is 6.54 Å². The van der Waals surface area contributed by atoms with Gasteiger partial charge in [0.05, 0.1) is 0 Å². The predicted octanol–water partition coefficient (Wildman–Crippen LogP) is 2.29. The first kappa shape index (κ1) is 14.2. The molecule has 1 fully saturated rings. The van der Waals surface area contributed by atoms with E-state index in [4.69, 9.17) is 0 Å². The molecule has 0 atom stereocenters. The Bertz CT molecular complexity index is 487. The molecular formula is C15H20N2OS. The third-order valence-electron chi connectivity index (χ3n) is 3.45. The molecule has 3 nitrogen and oxygen atoms in total. The van der Waals surface area contributed by atoms with Crippen LogP contribution in [0.25, 0.3) is 0 Å². The van der Waals surface area contributed by atoms with Gasteiger partial charge in [0, 0.05) is 37.2 Å². The summed E-state index contributed by atoms with van der Waals surface area (Å²) in [5.41, 5.74) is 3.29. The van der Waals surface area contributed by atoms with Crippen molar-refractivity contribution < 1.29 is 4.79 Å². The van der Waals surface area contributed by atoms with Crippen LogP contribution < -0.4 is 5.32 Å². The lowest BCUT2D eigenvalue weighted by Crippen LogP contribution is -2.38. The molecule has 1 N–H and O–H groups in total. The van der Waals surface area contributed by atoms with E-state index in [1.807, 2.05) is 14.0 Å². The quantitative estimate of drug-likeness (QED) is 0.676. The summed E-state index contributed by atoms with van der Waals surface area (Å²) in [5, 5.41) is 3.17. The molecule has 1 aromatic rings. The molecule has 0 aromatic heterocycles. The third kappa shape index (κ3) is 3.39. The number of nitrogens with one attached hydrogen (secondary N) is 1. The number of nitrogens with zero attached hydrogens (tertiary/aromatic N) is 1. The van der Waals surface area contributed by atoms with Gasteiger partial charge in [-0.2, -0.15) is 0 Å². The van der Waals surface area contributed by atoms with E-state index < -0.39 is 0 Å². The molecular weight excluding hydrogens is 256 g/mol. The van der Waals surface area contributed by atoms with Gasteiger partial charge in [-0.1, -0.05) is 12.1 Å². The number of hydrogen-bond donors (Lipinski definition) is 1. The third-order valence-corrected chi connectivity index (χ3v) is 4.20. The highest BCUT2D eigenvalue weighted by molar-refractivity contribution is 7.98. The molecule has 0 aliphatic carbocycles. The van der Waals surface area contributed by atoms with Gasteiger partial charge >= 0.3 is 0 Å². The summed E-state index contributed by atoms with van der Waals surface area (Å²) in [6.45, 7) is 4.29. The molecule has 1 heterocycles. The molecule has 0 saturated carbocycles. The lowest BCUT2D eigenvalue weighted by Gasteiger charge is -2.24. The van der Waals surface area contributed by atoms with E-state index in [2.05, 4.69) is 35.8 Å². The summed E-state index contributed by atoms with van der Waals surface area (Å²) in [5.74, 6) is 0.130. The Morgan fingerprint density at radius 3 is 2.42 bits per heavy atom. The molecule has 1 aromatic carbocycles. The van der Waals surface area contributed by atoms with Gasteiger partial charge in [0.1, 0.15) is 0 Å². The molecule has 0 radical (unpaired) electrons. The first-order chi connectivity index (χ1) is 9.11. The highest BCUT2D eigenvalue weighted by Gasteiger charge is 2.18. The minimum Gasteiger partial charge on any atom is -0.338 e. The number of rotatable bonds is 4. The minimum atomic E-state index is 0.130. The van der Waals surface area contributed by atoms with Gasteiger partial charge in [-0.05, 0) is 36.4 Å². The van der Waals surface area contributed by atoms with Crippen LogP contribution in [-0.2, 0) is 11.3 Å². The van der Waals surface area contributed by atoms with Crippen LogP contribution in [0.4, 0.5) is 0 Å². The molecule has 1 aliphatic rings. The van der Waals surface area contributed by atoms with E-state index >= 15 is 0 Å². The van der Waals surface area contributed by atoms with Crippen LogP contribution in [0, 0.1) is 0 Å². The smallest absolute Gasteiger partial charge is 0.249 e. The standard InChI is InChI=1S/C15H20N2OS/c1-11(13-8-16-9-13)15(18)17(2)10-12-4-6-14(19-3)7-5-12/h4-7,16H,8-10H2,1-3H3. The fourth-order valence-electron chi connectivity index (χ4n) is 2.03. The fraction of sp³-hybridized carbons (Fsp3) is 0.400. The second-order valence-corrected chi connectivity index (χ2v) is 5.72. The molecule has 0 unspecified atom stereocenters. The number of carbonyl (C=O) groups excluding carboxylic acids is 1. The lowest BCUT2D eigenvalue weighted by molar-refractivity contribution is -0.126. The van der Waals surface area contributed by atoms with Crippen LogP contribution in [0.1, 0.15) is 12.5 Å². The molecule has 0 bridgehead atoms. The number of amides is 1. The maximum atomic E-state index is 12.2. The van der Waals surface area contributed by atoms with Gasteiger partial charge in [0.25, 0.3) is 0 Å². The molecule has 1 saturated heterocycles. The average Bonchev–Trinajstić information content (AvgIpc) is 2.36. The minimum absolute atomic E-state index is 0.130. The lowest BCUT2D eigenvalue weighted by atomic mass is 10.0. The van der Waals surface area contributed by atoms with Crippen LogP contribution in [0.2, 0.25) is 0 Å². The Labute approximate surface area is 119 Å². The van der Waals surface area contributed by atoms with Crippen LogP contribution in [-0.4, -0.2) is 37.2 Å². The summed E-state index contributed by atoms with van der Waals surface area (Å²) in [6.07, 6.45) is 2.06. The van der Waals surface area contributed by atoms with Crippen molar-refractivity contribution in [3.05, 3.63) is 41.0 Å². The van der Waals surface area contributed by atoms with Crippen molar-refractivity contribution in [2.75, 3.05) is 26.4 Å². The van der Waals surface area contributed by atoms with Crippen molar-refractivity contribution in [1.82, 2.24) is 10.2 Å². The molecule has 0 spiro atoms. The fourth-order valence-corrected chi connectivity index (χ4v) is 2.44.